The fourth-order valence-electron chi connectivity index (χ4n) is 3.33. The van der Waals surface area contributed by atoms with Gasteiger partial charge in [-0.15, -0.1) is 0 Å². The van der Waals surface area contributed by atoms with Gasteiger partial charge in [0, 0.05) is 5.39 Å². The Labute approximate surface area is 245 Å². The van der Waals surface area contributed by atoms with Gasteiger partial charge in [-0.3, -0.25) is 4.55 Å². The van der Waals surface area contributed by atoms with Crippen molar-refractivity contribution in [2.45, 2.75) is 109 Å². The molecule has 0 heterocycles. The van der Waals surface area contributed by atoms with Crippen LogP contribution in [0.25, 0.3) is 10.8 Å². The molecule has 3 nitrogen and oxygen atoms in total. The average Bonchev–Trinajstić information content (AvgIpc) is 2.79. The van der Waals surface area contributed by atoms with Gasteiger partial charge in [0.15, 0.2) is 0 Å². The molecule has 0 amide bonds. The predicted molar refractivity (Wildman–Crippen MR) is 146 cm³/mol. The Balaban J connectivity index is 0. The van der Waals surface area contributed by atoms with Crippen molar-refractivity contribution in [1.29, 1.82) is 0 Å². The van der Waals surface area contributed by atoms with E-state index in [1.807, 2.05) is 6.07 Å². The van der Waals surface area contributed by atoms with Gasteiger partial charge in [0.1, 0.15) is 4.90 Å². The van der Waals surface area contributed by atoms with Crippen LogP contribution in [-0.4, -0.2) is 61.9 Å². The van der Waals surface area contributed by atoms with Gasteiger partial charge in [0.2, 0.25) is 0 Å². The van der Waals surface area contributed by atoms with Crippen LogP contribution in [0, 0.1) is 13.8 Å². The van der Waals surface area contributed by atoms with Gasteiger partial charge < -0.3 is 13.8 Å². The summed E-state index contributed by atoms with van der Waals surface area (Å²) in [5, 5.41) is 1.33. The van der Waals surface area contributed by atoms with Crippen LogP contribution in [0.2, 0.25) is 0 Å². The van der Waals surface area contributed by atoms with E-state index < -0.39 is 10.1 Å². The molecule has 0 atom stereocenters. The number of rotatable bonds is 13. The summed E-state index contributed by atoms with van der Waals surface area (Å²) >= 11 is 0. The average molecular weight is 600 g/mol. The van der Waals surface area contributed by atoms with Crippen molar-refractivity contribution in [3.8, 4) is 0 Å². The van der Waals surface area contributed by atoms with E-state index in [2.05, 4.69) is 27.7 Å². The van der Waals surface area contributed by atoms with E-state index in [4.69, 9.17) is 4.55 Å². The minimum Gasteiger partial charge on any atom is -0.343 e. The first-order valence-corrected chi connectivity index (χ1v) is 13.9. The third-order valence-corrected chi connectivity index (χ3v) is 6.15. The van der Waals surface area contributed by atoms with Crippen molar-refractivity contribution in [2.75, 3.05) is 0 Å². The summed E-state index contributed by atoms with van der Waals surface area (Å²) in [7, 11) is -4.13. The molecule has 0 saturated heterocycles. The first-order chi connectivity index (χ1) is 15.4. The van der Waals surface area contributed by atoms with E-state index in [0.29, 0.717) is 5.39 Å². The topological polar surface area (TPSA) is 54.4 Å². The van der Waals surface area contributed by atoms with Gasteiger partial charge in [-0.2, -0.15) is 21.3 Å². The summed E-state index contributed by atoms with van der Waals surface area (Å²) in [6.07, 6.45) is 18.9. The Kier molecular flexibility index (Phi) is 25.6. The Morgan fingerprint density at radius 3 is 1.55 bits per heavy atom. The van der Waals surface area contributed by atoms with Crippen LogP contribution in [-0.2, 0) is 10.1 Å². The molecule has 184 valence electrons. The number of hydrogen-bond acceptors (Lipinski definition) is 2. The molecule has 0 radical (unpaired) electrons. The van der Waals surface area contributed by atoms with Crippen LogP contribution in [0.3, 0.4) is 0 Å². The van der Waals surface area contributed by atoms with Gasteiger partial charge in [-0.25, -0.2) is 0 Å². The van der Waals surface area contributed by atoms with Crippen LogP contribution in [0.15, 0.2) is 47.4 Å². The van der Waals surface area contributed by atoms with E-state index in [9.17, 15) is 8.42 Å². The molecule has 0 fully saturated rings. The smallest absolute Gasteiger partial charge is 0.343 e. The van der Waals surface area contributed by atoms with Gasteiger partial charge >= 0.3 is 48.9 Å². The molecule has 0 aliphatic rings. The molecule has 0 aromatic heterocycles. The second-order valence-corrected chi connectivity index (χ2v) is 9.58. The largest absolute Gasteiger partial charge is 2.00 e. The molecule has 5 heteroatoms. The second-order valence-electron chi connectivity index (χ2n) is 8.19. The Morgan fingerprint density at radius 2 is 1.09 bits per heavy atom. The van der Waals surface area contributed by atoms with Gasteiger partial charge in [-0.1, -0.05) is 127 Å². The monoisotopic (exact) mass is 600 g/mol. The summed E-state index contributed by atoms with van der Waals surface area (Å²) in [5.74, 6) is 0. The zero-order valence-electron chi connectivity index (χ0n) is 21.2. The fourth-order valence-corrected chi connectivity index (χ4v) is 4.05. The number of fused-ring (bicyclic) bond motifs is 1. The normalized spacial score (nSPS) is 10.5. The number of unbranched alkanes of at least 4 members (excludes halogenated alkanes) is 12. The summed E-state index contributed by atoms with van der Waals surface area (Å²) in [6, 6.07) is 11.8. The quantitative estimate of drug-likeness (QED) is 0.108. The van der Waals surface area contributed by atoms with E-state index in [-0.39, 0.29) is 53.8 Å². The van der Waals surface area contributed by atoms with Crippen molar-refractivity contribution in [2.24, 2.45) is 0 Å². The Bertz CT molecular complexity index is 759. The van der Waals surface area contributed by atoms with E-state index in [1.54, 1.807) is 30.3 Å². The summed E-state index contributed by atoms with van der Waals surface area (Å²) < 4.78 is 31.0. The van der Waals surface area contributed by atoms with Crippen molar-refractivity contribution in [1.82, 2.24) is 0 Å². The molecule has 1 N–H and O–H groups in total. The zero-order valence-corrected chi connectivity index (χ0v) is 26.5. The van der Waals surface area contributed by atoms with E-state index in [1.165, 1.54) is 83.1 Å². The molecule has 0 saturated carbocycles. The first kappa shape index (κ1) is 35.3. The fraction of sp³-hybridized carbons (Fsp3) is 0.571. The molecule has 2 rings (SSSR count). The molecule has 0 bridgehead atoms. The SMILES string of the molecule is O=S(=O)(O)c1cccc2ccccc12.[Ba+2].[CH2-]CCCCCCCC.[CH2-]CCCCCCCC. The molecule has 2 aromatic carbocycles. The van der Waals surface area contributed by atoms with E-state index in [0.717, 1.165) is 18.2 Å². The van der Waals surface area contributed by atoms with Crippen molar-refractivity contribution < 1.29 is 13.0 Å². The van der Waals surface area contributed by atoms with Crippen molar-refractivity contribution in [3.05, 3.63) is 56.3 Å². The van der Waals surface area contributed by atoms with Crippen LogP contribution in [0.5, 0.6) is 0 Å². The minimum atomic E-state index is -4.13. The second kappa shape index (κ2) is 23.9. The molecule has 33 heavy (non-hydrogen) atoms. The standard InChI is InChI=1S/C10H8O3S.2C9H19.Ba/c11-14(12,13)10-7-3-5-8-4-1-2-6-9(8)10;2*1-3-5-7-9-8-6-4-2;/h1-7H,(H,11,12,13);2*1,3-9H2,2H3;/q;2*-1;+2. The van der Waals surface area contributed by atoms with Gasteiger partial charge in [0.05, 0.1) is 0 Å². The van der Waals surface area contributed by atoms with E-state index >= 15 is 0 Å². The first-order valence-electron chi connectivity index (χ1n) is 12.5. The molecule has 0 spiro atoms. The minimum absolute atomic E-state index is 0. The summed E-state index contributed by atoms with van der Waals surface area (Å²) in [6.45, 7) is 12.1. The Hall–Kier alpha value is 0.181. The molecular weight excluding hydrogens is 554 g/mol. The van der Waals surface area contributed by atoms with Crippen molar-refractivity contribution in [3.63, 3.8) is 0 Å². The van der Waals surface area contributed by atoms with Crippen LogP contribution in [0.1, 0.15) is 104 Å². The third kappa shape index (κ3) is 19.1. The Morgan fingerprint density at radius 1 is 0.667 bits per heavy atom. The molecular formula is C28H46BaO3S. The maximum atomic E-state index is 11.0. The van der Waals surface area contributed by atoms with Crippen LogP contribution < -0.4 is 0 Å². The molecule has 0 aliphatic carbocycles. The van der Waals surface area contributed by atoms with Gasteiger partial charge in [0.25, 0.3) is 10.1 Å². The van der Waals surface area contributed by atoms with Crippen LogP contribution in [0.4, 0.5) is 0 Å². The maximum absolute atomic E-state index is 11.0. The molecule has 0 unspecified atom stereocenters. The molecule has 0 aliphatic heterocycles. The third-order valence-electron chi connectivity index (χ3n) is 5.23. The van der Waals surface area contributed by atoms with Gasteiger partial charge in [-0.05, 0) is 11.5 Å². The summed E-state index contributed by atoms with van der Waals surface area (Å²) in [4.78, 5) is -0.0457. The zero-order chi connectivity index (χ0) is 24.1. The number of hydrogen-bond donors (Lipinski definition) is 1. The van der Waals surface area contributed by atoms with Crippen molar-refractivity contribution >= 4 is 69.8 Å². The summed E-state index contributed by atoms with van der Waals surface area (Å²) in [5.41, 5.74) is 0. The molecule has 2 aromatic rings. The maximum Gasteiger partial charge on any atom is 2.00 e. The number of benzene rings is 2. The predicted octanol–water partition coefficient (Wildman–Crippen LogP) is 8.85. The van der Waals surface area contributed by atoms with Crippen LogP contribution >= 0.6 is 0 Å².